The van der Waals surface area contributed by atoms with E-state index in [1.807, 2.05) is 0 Å². The number of rotatable bonds is 5. The van der Waals surface area contributed by atoms with E-state index in [0.29, 0.717) is 27.3 Å². The summed E-state index contributed by atoms with van der Waals surface area (Å²) in [6.07, 6.45) is 0. The van der Waals surface area contributed by atoms with Gasteiger partial charge in [0.2, 0.25) is 0 Å². The number of nitro benzene ring substituents is 1. The van der Waals surface area contributed by atoms with E-state index in [2.05, 4.69) is 21.2 Å². The Labute approximate surface area is 130 Å². The lowest BCUT2D eigenvalue weighted by atomic mass is 10.2. The third-order valence-electron chi connectivity index (χ3n) is 2.83. The molecule has 0 unspecified atom stereocenters. The molecule has 6 nitrogen and oxygen atoms in total. The van der Waals surface area contributed by atoms with Gasteiger partial charge in [0, 0.05) is 16.6 Å². The first-order chi connectivity index (χ1) is 10.0. The van der Waals surface area contributed by atoms with Gasteiger partial charge in [-0.15, -0.1) is 0 Å². The largest absolute Gasteiger partial charge is 0.497 e. The molecule has 110 valence electrons. The maximum atomic E-state index is 11.1. The van der Waals surface area contributed by atoms with E-state index in [4.69, 9.17) is 9.47 Å². The standard InChI is InChI=1S/C14H13BrN2O4/c1-20-10-4-6-12(14(8-10)21-2)16-11-5-3-9(15)7-13(11)17(18)19/h3-8,16H,1-2H3. The highest BCUT2D eigenvalue weighted by Gasteiger charge is 2.16. The summed E-state index contributed by atoms with van der Waals surface area (Å²) in [6, 6.07) is 9.99. The third kappa shape index (κ3) is 3.43. The first-order valence-electron chi connectivity index (χ1n) is 5.98. The van der Waals surface area contributed by atoms with Crippen molar-refractivity contribution in [2.75, 3.05) is 19.5 Å². The second-order valence-electron chi connectivity index (χ2n) is 4.11. The zero-order valence-corrected chi connectivity index (χ0v) is 13.0. The molecule has 0 saturated heterocycles. The minimum atomic E-state index is -0.441. The number of methoxy groups -OCH3 is 2. The van der Waals surface area contributed by atoms with E-state index in [1.54, 1.807) is 37.4 Å². The molecule has 0 spiro atoms. The molecule has 0 radical (unpaired) electrons. The van der Waals surface area contributed by atoms with Crippen LogP contribution in [0.4, 0.5) is 17.1 Å². The molecule has 0 aliphatic carbocycles. The highest BCUT2D eigenvalue weighted by atomic mass is 79.9. The van der Waals surface area contributed by atoms with E-state index >= 15 is 0 Å². The van der Waals surface area contributed by atoms with Crippen LogP contribution >= 0.6 is 15.9 Å². The molecule has 0 saturated carbocycles. The number of nitro groups is 1. The summed E-state index contributed by atoms with van der Waals surface area (Å²) < 4.78 is 11.0. The highest BCUT2D eigenvalue weighted by molar-refractivity contribution is 9.10. The monoisotopic (exact) mass is 352 g/mol. The molecule has 0 aliphatic heterocycles. The van der Waals surface area contributed by atoms with Crippen molar-refractivity contribution in [2.45, 2.75) is 0 Å². The summed E-state index contributed by atoms with van der Waals surface area (Å²) >= 11 is 3.22. The molecule has 2 aromatic carbocycles. The lowest BCUT2D eigenvalue weighted by Crippen LogP contribution is -1.99. The summed E-state index contributed by atoms with van der Waals surface area (Å²) in [5.41, 5.74) is 0.970. The summed E-state index contributed by atoms with van der Waals surface area (Å²) in [7, 11) is 3.08. The number of anilines is 2. The molecule has 0 fully saturated rings. The number of hydrogen-bond acceptors (Lipinski definition) is 5. The van der Waals surface area contributed by atoms with Gasteiger partial charge in [0.1, 0.15) is 17.2 Å². The second-order valence-corrected chi connectivity index (χ2v) is 5.03. The molecule has 0 amide bonds. The Morgan fingerprint density at radius 3 is 2.43 bits per heavy atom. The number of benzene rings is 2. The molecule has 0 aliphatic rings. The van der Waals surface area contributed by atoms with Crippen molar-refractivity contribution >= 4 is 33.0 Å². The Bertz CT molecular complexity index is 676. The van der Waals surface area contributed by atoms with Crippen LogP contribution in [-0.4, -0.2) is 19.1 Å². The lowest BCUT2D eigenvalue weighted by Gasteiger charge is -2.12. The summed E-state index contributed by atoms with van der Waals surface area (Å²) in [6.45, 7) is 0. The van der Waals surface area contributed by atoms with Gasteiger partial charge in [-0.2, -0.15) is 0 Å². The Morgan fingerprint density at radius 2 is 1.81 bits per heavy atom. The van der Waals surface area contributed by atoms with Crippen molar-refractivity contribution < 1.29 is 14.4 Å². The van der Waals surface area contributed by atoms with Gasteiger partial charge in [-0.3, -0.25) is 10.1 Å². The fourth-order valence-corrected chi connectivity index (χ4v) is 2.16. The average Bonchev–Trinajstić information content (AvgIpc) is 2.49. The molecular formula is C14H13BrN2O4. The number of halogens is 1. The maximum absolute atomic E-state index is 11.1. The third-order valence-corrected chi connectivity index (χ3v) is 3.33. The van der Waals surface area contributed by atoms with E-state index in [0.717, 1.165) is 0 Å². The molecule has 7 heteroatoms. The minimum Gasteiger partial charge on any atom is -0.497 e. The van der Waals surface area contributed by atoms with Crippen LogP contribution in [-0.2, 0) is 0 Å². The predicted molar refractivity (Wildman–Crippen MR) is 83.6 cm³/mol. The fraction of sp³-hybridized carbons (Fsp3) is 0.143. The molecule has 0 bridgehead atoms. The molecule has 21 heavy (non-hydrogen) atoms. The van der Waals surface area contributed by atoms with Gasteiger partial charge in [-0.25, -0.2) is 0 Å². The Kier molecular flexibility index (Phi) is 4.64. The zero-order chi connectivity index (χ0) is 15.4. The summed E-state index contributed by atoms with van der Waals surface area (Å²) in [4.78, 5) is 10.7. The molecular weight excluding hydrogens is 340 g/mol. The molecule has 1 N–H and O–H groups in total. The predicted octanol–water partition coefficient (Wildman–Crippen LogP) is 4.12. The van der Waals surface area contributed by atoms with Crippen LogP contribution in [0.25, 0.3) is 0 Å². The van der Waals surface area contributed by atoms with Gasteiger partial charge in [-0.05, 0) is 24.3 Å². The van der Waals surface area contributed by atoms with E-state index in [1.165, 1.54) is 13.2 Å². The number of ether oxygens (including phenoxy) is 2. The van der Waals surface area contributed by atoms with Crippen molar-refractivity contribution in [1.82, 2.24) is 0 Å². The van der Waals surface area contributed by atoms with Gasteiger partial charge in [0.15, 0.2) is 0 Å². The SMILES string of the molecule is COc1ccc(Nc2ccc(Br)cc2[N+](=O)[O-])c(OC)c1. The zero-order valence-electron chi connectivity index (χ0n) is 11.4. The number of nitrogens with one attached hydrogen (secondary N) is 1. The summed E-state index contributed by atoms with van der Waals surface area (Å²) in [5.74, 6) is 1.18. The first-order valence-corrected chi connectivity index (χ1v) is 6.77. The molecule has 0 heterocycles. The topological polar surface area (TPSA) is 73.6 Å². The smallest absolute Gasteiger partial charge is 0.293 e. The van der Waals surface area contributed by atoms with Gasteiger partial charge >= 0.3 is 0 Å². The second kappa shape index (κ2) is 6.45. The lowest BCUT2D eigenvalue weighted by molar-refractivity contribution is -0.384. The normalized spacial score (nSPS) is 10.0. The Hall–Kier alpha value is -2.28. The van der Waals surface area contributed by atoms with Crippen LogP contribution in [0.15, 0.2) is 40.9 Å². The van der Waals surface area contributed by atoms with Crippen LogP contribution in [0.1, 0.15) is 0 Å². The van der Waals surface area contributed by atoms with Crippen molar-refractivity contribution in [1.29, 1.82) is 0 Å². The van der Waals surface area contributed by atoms with Crippen molar-refractivity contribution in [2.24, 2.45) is 0 Å². The molecule has 2 aromatic rings. The Balaban J connectivity index is 2.40. The van der Waals surface area contributed by atoms with Gasteiger partial charge in [0.25, 0.3) is 5.69 Å². The van der Waals surface area contributed by atoms with Crippen LogP contribution in [0.3, 0.4) is 0 Å². The van der Waals surface area contributed by atoms with Gasteiger partial charge in [0.05, 0.1) is 24.8 Å². The Morgan fingerprint density at radius 1 is 1.10 bits per heavy atom. The molecule has 2 rings (SSSR count). The van der Waals surface area contributed by atoms with Crippen LogP contribution in [0, 0.1) is 10.1 Å². The van der Waals surface area contributed by atoms with Gasteiger partial charge in [-0.1, -0.05) is 15.9 Å². The van der Waals surface area contributed by atoms with Crippen molar-refractivity contribution in [3.8, 4) is 11.5 Å². The van der Waals surface area contributed by atoms with Crippen LogP contribution in [0.5, 0.6) is 11.5 Å². The van der Waals surface area contributed by atoms with E-state index < -0.39 is 4.92 Å². The van der Waals surface area contributed by atoms with Crippen molar-refractivity contribution in [3.63, 3.8) is 0 Å². The van der Waals surface area contributed by atoms with Crippen molar-refractivity contribution in [3.05, 3.63) is 51.0 Å². The summed E-state index contributed by atoms with van der Waals surface area (Å²) in [5, 5.41) is 14.1. The fourth-order valence-electron chi connectivity index (χ4n) is 1.81. The first kappa shape index (κ1) is 15.1. The number of nitrogens with zero attached hydrogens (tertiary/aromatic N) is 1. The van der Waals surface area contributed by atoms with Crippen LogP contribution in [0.2, 0.25) is 0 Å². The highest BCUT2D eigenvalue weighted by Crippen LogP contribution is 2.35. The number of hydrogen-bond donors (Lipinski definition) is 1. The van der Waals surface area contributed by atoms with Crippen LogP contribution < -0.4 is 14.8 Å². The minimum absolute atomic E-state index is 0.0257. The maximum Gasteiger partial charge on any atom is 0.293 e. The average molecular weight is 353 g/mol. The van der Waals surface area contributed by atoms with E-state index in [-0.39, 0.29) is 5.69 Å². The molecule has 0 atom stereocenters. The van der Waals surface area contributed by atoms with Gasteiger partial charge < -0.3 is 14.8 Å². The van der Waals surface area contributed by atoms with E-state index in [9.17, 15) is 10.1 Å². The quantitative estimate of drug-likeness (QED) is 0.647. The molecule has 0 aromatic heterocycles.